The highest BCUT2D eigenvalue weighted by molar-refractivity contribution is 5.82. The van der Waals surface area contributed by atoms with Crippen LogP contribution in [-0.4, -0.2) is 36.8 Å². The molecular weight excluding hydrogens is 272 g/mol. The van der Waals surface area contributed by atoms with Crippen LogP contribution in [0.5, 0.6) is 5.75 Å². The van der Waals surface area contributed by atoms with Crippen molar-refractivity contribution < 1.29 is 19.4 Å². The first-order valence-electron chi connectivity index (χ1n) is 6.97. The number of urea groups is 1. The van der Waals surface area contributed by atoms with Gasteiger partial charge in [0, 0.05) is 6.54 Å². The molecule has 1 atom stereocenters. The number of aliphatic carboxylic acids is 1. The molecular formula is C15H22N2O4. The van der Waals surface area contributed by atoms with Crippen molar-refractivity contribution in [1.29, 1.82) is 0 Å². The molecule has 0 aliphatic rings. The highest BCUT2D eigenvalue weighted by atomic mass is 16.5. The number of benzene rings is 1. The van der Waals surface area contributed by atoms with Crippen LogP contribution in [0.2, 0.25) is 0 Å². The van der Waals surface area contributed by atoms with Gasteiger partial charge in [-0.3, -0.25) is 0 Å². The van der Waals surface area contributed by atoms with E-state index in [1.807, 2.05) is 31.2 Å². The number of hydrogen-bond acceptors (Lipinski definition) is 3. The maximum Gasteiger partial charge on any atom is 0.326 e. The fourth-order valence-electron chi connectivity index (χ4n) is 1.98. The number of ether oxygens (including phenoxy) is 1. The first-order chi connectivity index (χ1) is 10.1. The fourth-order valence-corrected chi connectivity index (χ4v) is 1.98. The van der Waals surface area contributed by atoms with Crippen LogP contribution < -0.4 is 15.4 Å². The van der Waals surface area contributed by atoms with Gasteiger partial charge in [-0.2, -0.15) is 0 Å². The number of nitrogens with one attached hydrogen (secondary N) is 2. The molecule has 0 saturated carbocycles. The van der Waals surface area contributed by atoms with Gasteiger partial charge < -0.3 is 20.5 Å². The van der Waals surface area contributed by atoms with Crippen molar-refractivity contribution in [3.63, 3.8) is 0 Å². The normalized spacial score (nSPS) is 11.5. The summed E-state index contributed by atoms with van der Waals surface area (Å²) in [5, 5.41) is 14.1. The van der Waals surface area contributed by atoms with Crippen LogP contribution in [0.25, 0.3) is 0 Å². The first kappa shape index (κ1) is 16.8. The third kappa shape index (κ3) is 5.72. The van der Waals surface area contributed by atoms with Crippen LogP contribution in [0, 0.1) is 0 Å². The average Bonchev–Trinajstić information content (AvgIpc) is 2.47. The lowest BCUT2D eigenvalue weighted by Gasteiger charge is -2.14. The van der Waals surface area contributed by atoms with E-state index < -0.39 is 18.0 Å². The average molecular weight is 294 g/mol. The summed E-state index contributed by atoms with van der Waals surface area (Å²) in [4.78, 5) is 22.6. The summed E-state index contributed by atoms with van der Waals surface area (Å²) in [6, 6.07) is 6.25. The summed E-state index contributed by atoms with van der Waals surface area (Å²) < 4.78 is 5.22. The second-order valence-electron chi connectivity index (χ2n) is 4.64. The van der Waals surface area contributed by atoms with Crippen LogP contribution in [0.4, 0.5) is 4.79 Å². The Morgan fingerprint density at radius 2 is 2.05 bits per heavy atom. The van der Waals surface area contributed by atoms with Gasteiger partial charge in [-0.05, 0) is 24.5 Å². The van der Waals surface area contributed by atoms with Gasteiger partial charge in [0.1, 0.15) is 11.8 Å². The molecule has 0 heterocycles. The maximum absolute atomic E-state index is 11.7. The third-order valence-electron chi connectivity index (χ3n) is 3.05. The van der Waals surface area contributed by atoms with Crippen molar-refractivity contribution in [2.24, 2.45) is 0 Å². The minimum absolute atomic E-state index is 0.407. The second kappa shape index (κ2) is 8.84. The molecule has 3 N–H and O–H groups in total. The molecule has 0 bridgehead atoms. The van der Waals surface area contributed by atoms with E-state index in [-0.39, 0.29) is 0 Å². The lowest BCUT2D eigenvalue weighted by Crippen LogP contribution is -2.46. The SMILES string of the molecule is CCC[C@@H](NC(=O)NCCc1ccccc1OC)C(=O)O. The van der Waals surface area contributed by atoms with E-state index in [0.29, 0.717) is 25.8 Å². The van der Waals surface area contributed by atoms with Gasteiger partial charge in [0.2, 0.25) is 0 Å². The minimum atomic E-state index is -1.02. The number of carboxylic acid groups (broad SMARTS) is 1. The van der Waals surface area contributed by atoms with E-state index in [1.165, 1.54) is 0 Å². The topological polar surface area (TPSA) is 87.7 Å². The number of carboxylic acids is 1. The minimum Gasteiger partial charge on any atom is -0.496 e. The zero-order valence-corrected chi connectivity index (χ0v) is 12.4. The third-order valence-corrected chi connectivity index (χ3v) is 3.05. The lowest BCUT2D eigenvalue weighted by molar-refractivity contribution is -0.139. The van der Waals surface area contributed by atoms with Gasteiger partial charge in [-0.15, -0.1) is 0 Å². The van der Waals surface area contributed by atoms with Crippen molar-refractivity contribution in [2.75, 3.05) is 13.7 Å². The van der Waals surface area contributed by atoms with E-state index in [0.717, 1.165) is 11.3 Å². The molecule has 0 aromatic heterocycles. The number of carbonyl (C=O) groups excluding carboxylic acids is 1. The van der Waals surface area contributed by atoms with Crippen LogP contribution in [0.15, 0.2) is 24.3 Å². The Labute approximate surface area is 124 Å². The number of hydrogen-bond donors (Lipinski definition) is 3. The van der Waals surface area contributed by atoms with Gasteiger partial charge in [0.25, 0.3) is 0 Å². The Bertz CT molecular complexity index is 476. The molecule has 0 aliphatic heterocycles. The molecule has 0 radical (unpaired) electrons. The fraction of sp³-hybridized carbons (Fsp3) is 0.467. The molecule has 0 fully saturated rings. The molecule has 21 heavy (non-hydrogen) atoms. The largest absolute Gasteiger partial charge is 0.496 e. The highest BCUT2D eigenvalue weighted by Gasteiger charge is 2.18. The van der Waals surface area contributed by atoms with Crippen LogP contribution >= 0.6 is 0 Å². The number of amides is 2. The molecule has 0 aliphatic carbocycles. The molecule has 1 aromatic carbocycles. The van der Waals surface area contributed by atoms with Gasteiger partial charge >= 0.3 is 12.0 Å². The standard InChI is InChI=1S/C15H22N2O4/c1-3-6-12(14(18)19)17-15(20)16-10-9-11-7-4-5-8-13(11)21-2/h4-5,7-8,12H,3,6,9-10H2,1-2H3,(H,18,19)(H2,16,17,20)/t12-/m1/s1. The molecule has 0 spiro atoms. The zero-order chi connectivity index (χ0) is 15.7. The van der Waals surface area contributed by atoms with Crippen LogP contribution in [0.1, 0.15) is 25.3 Å². The Morgan fingerprint density at radius 3 is 2.67 bits per heavy atom. The molecule has 6 nitrogen and oxygen atoms in total. The monoisotopic (exact) mass is 294 g/mol. The second-order valence-corrected chi connectivity index (χ2v) is 4.64. The summed E-state index contributed by atoms with van der Waals surface area (Å²) in [7, 11) is 1.60. The molecule has 1 rings (SSSR count). The van der Waals surface area contributed by atoms with E-state index in [9.17, 15) is 9.59 Å². The quantitative estimate of drug-likeness (QED) is 0.682. The predicted molar refractivity (Wildman–Crippen MR) is 79.6 cm³/mol. The van der Waals surface area contributed by atoms with Crippen molar-refractivity contribution in [3.8, 4) is 5.75 Å². The number of carbonyl (C=O) groups is 2. The summed E-state index contributed by atoms with van der Waals surface area (Å²) in [5.41, 5.74) is 0.989. The Balaban J connectivity index is 2.41. The molecule has 0 unspecified atom stereocenters. The molecule has 6 heteroatoms. The van der Waals surface area contributed by atoms with E-state index in [1.54, 1.807) is 7.11 Å². The highest BCUT2D eigenvalue weighted by Crippen LogP contribution is 2.17. The van der Waals surface area contributed by atoms with E-state index in [4.69, 9.17) is 9.84 Å². The smallest absolute Gasteiger partial charge is 0.326 e. The maximum atomic E-state index is 11.7. The molecule has 116 valence electrons. The van der Waals surface area contributed by atoms with Crippen molar-refractivity contribution in [3.05, 3.63) is 29.8 Å². The van der Waals surface area contributed by atoms with Crippen molar-refractivity contribution >= 4 is 12.0 Å². The lowest BCUT2D eigenvalue weighted by atomic mass is 10.1. The van der Waals surface area contributed by atoms with Crippen molar-refractivity contribution in [1.82, 2.24) is 10.6 Å². The Hall–Kier alpha value is -2.24. The number of rotatable bonds is 8. The Morgan fingerprint density at radius 1 is 1.33 bits per heavy atom. The molecule has 1 aromatic rings. The van der Waals surface area contributed by atoms with Crippen molar-refractivity contribution in [2.45, 2.75) is 32.2 Å². The summed E-state index contributed by atoms with van der Waals surface area (Å²) in [6.45, 7) is 2.28. The molecule has 2 amide bonds. The molecule has 0 saturated heterocycles. The number of para-hydroxylation sites is 1. The van der Waals surface area contributed by atoms with E-state index >= 15 is 0 Å². The zero-order valence-electron chi connectivity index (χ0n) is 12.4. The Kier molecular flexibility index (Phi) is 7.08. The van der Waals surface area contributed by atoms with Gasteiger partial charge in [0.05, 0.1) is 7.11 Å². The van der Waals surface area contributed by atoms with Gasteiger partial charge in [-0.1, -0.05) is 31.5 Å². The van der Waals surface area contributed by atoms with Crippen LogP contribution in [0.3, 0.4) is 0 Å². The van der Waals surface area contributed by atoms with Gasteiger partial charge in [0.15, 0.2) is 0 Å². The predicted octanol–water partition coefficient (Wildman–Crippen LogP) is 1.79. The van der Waals surface area contributed by atoms with E-state index in [2.05, 4.69) is 10.6 Å². The van der Waals surface area contributed by atoms with Crippen LogP contribution in [-0.2, 0) is 11.2 Å². The number of methoxy groups -OCH3 is 1. The summed E-state index contributed by atoms with van der Waals surface area (Å²) in [6.07, 6.45) is 1.72. The van der Waals surface area contributed by atoms with Gasteiger partial charge in [-0.25, -0.2) is 9.59 Å². The summed E-state index contributed by atoms with van der Waals surface area (Å²) >= 11 is 0. The summed E-state index contributed by atoms with van der Waals surface area (Å²) in [5.74, 6) is -0.245. The first-order valence-corrected chi connectivity index (χ1v) is 6.97.